The van der Waals surface area contributed by atoms with Gasteiger partial charge in [0, 0.05) is 22.2 Å². The van der Waals surface area contributed by atoms with E-state index < -0.39 is 0 Å². The normalized spacial score (nSPS) is 22.3. The van der Waals surface area contributed by atoms with Gasteiger partial charge in [0.05, 0.1) is 12.2 Å². The molecule has 1 atom stereocenters. The predicted octanol–water partition coefficient (Wildman–Crippen LogP) is 4.19. The Balaban J connectivity index is 2.02. The van der Waals surface area contributed by atoms with Crippen LogP contribution in [0.25, 0.3) is 0 Å². The number of likely N-dealkylation sites (tertiary alicyclic amines) is 1. The second-order valence-corrected chi connectivity index (χ2v) is 7.74. The second-order valence-electron chi connectivity index (χ2n) is 6.15. The van der Waals surface area contributed by atoms with Crippen LogP contribution >= 0.6 is 27.3 Å². The Kier molecular flexibility index (Phi) is 4.84. The molecule has 0 spiro atoms. The molecule has 1 unspecified atom stereocenters. The molecule has 0 saturated carbocycles. The van der Waals surface area contributed by atoms with Crippen LogP contribution in [0.15, 0.2) is 5.38 Å². The maximum absolute atomic E-state index is 4.81. The molecular formula is C14H23BrN2S. The SMILES string of the molecule is CC(C)(C)c1csc(CN2CCCCC2CBr)n1. The number of alkyl halides is 1. The van der Waals surface area contributed by atoms with Crippen molar-refractivity contribution in [2.75, 3.05) is 11.9 Å². The van der Waals surface area contributed by atoms with Gasteiger partial charge in [-0.15, -0.1) is 11.3 Å². The van der Waals surface area contributed by atoms with Crippen LogP contribution in [0, 0.1) is 0 Å². The Hall–Kier alpha value is 0.0700. The van der Waals surface area contributed by atoms with Crippen molar-refractivity contribution in [3.05, 3.63) is 16.1 Å². The molecule has 1 fully saturated rings. The first kappa shape index (κ1) is 14.5. The number of thiazole rings is 1. The lowest BCUT2D eigenvalue weighted by molar-refractivity contribution is 0.156. The van der Waals surface area contributed by atoms with Crippen molar-refractivity contribution in [3.8, 4) is 0 Å². The summed E-state index contributed by atoms with van der Waals surface area (Å²) in [5.74, 6) is 0. The van der Waals surface area contributed by atoms with E-state index in [1.165, 1.54) is 36.5 Å². The number of hydrogen-bond donors (Lipinski definition) is 0. The van der Waals surface area contributed by atoms with Crippen molar-refractivity contribution in [3.63, 3.8) is 0 Å². The molecule has 0 aromatic carbocycles. The van der Waals surface area contributed by atoms with E-state index in [2.05, 4.69) is 47.0 Å². The van der Waals surface area contributed by atoms with E-state index >= 15 is 0 Å². The molecule has 1 aromatic heterocycles. The van der Waals surface area contributed by atoms with Gasteiger partial charge in [0.25, 0.3) is 0 Å². The van der Waals surface area contributed by atoms with Crippen molar-refractivity contribution < 1.29 is 0 Å². The molecular weight excluding hydrogens is 308 g/mol. The van der Waals surface area contributed by atoms with Gasteiger partial charge < -0.3 is 0 Å². The van der Waals surface area contributed by atoms with Gasteiger partial charge in [-0.3, -0.25) is 4.90 Å². The summed E-state index contributed by atoms with van der Waals surface area (Å²) >= 11 is 5.46. The summed E-state index contributed by atoms with van der Waals surface area (Å²) in [5, 5.41) is 4.58. The summed E-state index contributed by atoms with van der Waals surface area (Å²) in [6.45, 7) is 8.94. The molecule has 0 amide bonds. The molecule has 18 heavy (non-hydrogen) atoms. The quantitative estimate of drug-likeness (QED) is 0.772. The van der Waals surface area contributed by atoms with Crippen molar-refractivity contribution >= 4 is 27.3 Å². The first-order valence-electron chi connectivity index (χ1n) is 6.75. The van der Waals surface area contributed by atoms with Crippen molar-refractivity contribution in [2.45, 2.75) is 58.0 Å². The molecule has 0 aliphatic carbocycles. The minimum Gasteiger partial charge on any atom is -0.293 e. The van der Waals surface area contributed by atoms with Crippen LogP contribution in [-0.4, -0.2) is 27.8 Å². The van der Waals surface area contributed by atoms with E-state index in [0.717, 1.165) is 11.9 Å². The molecule has 1 aromatic rings. The smallest absolute Gasteiger partial charge is 0.107 e. The third kappa shape index (κ3) is 3.55. The van der Waals surface area contributed by atoms with Crippen LogP contribution in [0.1, 0.15) is 50.7 Å². The Bertz CT molecular complexity index is 383. The van der Waals surface area contributed by atoms with Gasteiger partial charge in [-0.05, 0) is 19.4 Å². The molecule has 0 N–H and O–H groups in total. The maximum atomic E-state index is 4.81. The molecule has 4 heteroatoms. The molecule has 2 nitrogen and oxygen atoms in total. The van der Waals surface area contributed by atoms with E-state index in [4.69, 9.17) is 4.98 Å². The summed E-state index contributed by atoms with van der Waals surface area (Å²) in [5.41, 5.74) is 1.40. The maximum Gasteiger partial charge on any atom is 0.107 e. The monoisotopic (exact) mass is 330 g/mol. The van der Waals surface area contributed by atoms with Crippen LogP contribution < -0.4 is 0 Å². The van der Waals surface area contributed by atoms with Crippen molar-refractivity contribution in [1.82, 2.24) is 9.88 Å². The summed E-state index contributed by atoms with van der Waals surface area (Å²) in [6, 6.07) is 0.695. The number of nitrogens with zero attached hydrogens (tertiary/aromatic N) is 2. The highest BCUT2D eigenvalue weighted by molar-refractivity contribution is 9.09. The molecule has 0 radical (unpaired) electrons. The minimum absolute atomic E-state index is 0.172. The third-order valence-corrected chi connectivity index (χ3v) is 5.17. The van der Waals surface area contributed by atoms with Crippen LogP contribution in [0.5, 0.6) is 0 Å². The summed E-state index contributed by atoms with van der Waals surface area (Å²) < 4.78 is 0. The molecule has 1 aliphatic rings. The second kappa shape index (κ2) is 6.02. The first-order valence-corrected chi connectivity index (χ1v) is 8.75. The zero-order chi connectivity index (χ0) is 13.2. The van der Waals surface area contributed by atoms with Crippen LogP contribution in [0.2, 0.25) is 0 Å². The highest BCUT2D eigenvalue weighted by atomic mass is 79.9. The van der Waals surface area contributed by atoms with Gasteiger partial charge in [-0.25, -0.2) is 4.98 Å². The standard InChI is InChI=1S/C14H23BrN2S/c1-14(2,3)12-10-18-13(16-12)9-17-7-5-4-6-11(17)8-15/h10-11H,4-9H2,1-3H3. The number of rotatable bonds is 3. The van der Waals surface area contributed by atoms with Crippen molar-refractivity contribution in [2.24, 2.45) is 0 Å². The van der Waals surface area contributed by atoms with Crippen LogP contribution in [0.3, 0.4) is 0 Å². The Labute approximate surface area is 123 Å². The average molecular weight is 331 g/mol. The van der Waals surface area contributed by atoms with Gasteiger partial charge in [-0.1, -0.05) is 43.1 Å². The predicted molar refractivity (Wildman–Crippen MR) is 82.7 cm³/mol. The summed E-state index contributed by atoms with van der Waals surface area (Å²) in [7, 11) is 0. The number of piperidine rings is 1. The van der Waals surface area contributed by atoms with Gasteiger partial charge in [-0.2, -0.15) is 0 Å². The van der Waals surface area contributed by atoms with E-state index in [1.54, 1.807) is 0 Å². The van der Waals surface area contributed by atoms with E-state index in [-0.39, 0.29) is 5.41 Å². The lowest BCUT2D eigenvalue weighted by Gasteiger charge is -2.33. The van der Waals surface area contributed by atoms with Crippen molar-refractivity contribution in [1.29, 1.82) is 0 Å². The Morgan fingerprint density at radius 1 is 1.44 bits per heavy atom. The fraction of sp³-hybridized carbons (Fsp3) is 0.786. The number of halogens is 1. The largest absolute Gasteiger partial charge is 0.293 e. The fourth-order valence-corrected chi connectivity index (χ4v) is 4.12. The minimum atomic E-state index is 0.172. The molecule has 1 aliphatic heterocycles. The average Bonchev–Trinajstić information content (AvgIpc) is 2.78. The van der Waals surface area contributed by atoms with E-state index in [1.807, 2.05) is 11.3 Å². The van der Waals surface area contributed by atoms with E-state index in [0.29, 0.717) is 6.04 Å². The zero-order valence-electron chi connectivity index (χ0n) is 11.6. The highest BCUT2D eigenvalue weighted by Gasteiger charge is 2.23. The molecule has 102 valence electrons. The summed E-state index contributed by atoms with van der Waals surface area (Å²) in [4.78, 5) is 7.39. The lowest BCUT2D eigenvalue weighted by Crippen LogP contribution is -2.39. The Morgan fingerprint density at radius 3 is 2.83 bits per heavy atom. The van der Waals surface area contributed by atoms with Crippen LogP contribution in [-0.2, 0) is 12.0 Å². The third-order valence-electron chi connectivity index (χ3n) is 3.59. The molecule has 2 rings (SSSR count). The number of hydrogen-bond acceptors (Lipinski definition) is 3. The van der Waals surface area contributed by atoms with Gasteiger partial charge >= 0.3 is 0 Å². The van der Waals surface area contributed by atoms with Crippen LogP contribution in [0.4, 0.5) is 0 Å². The first-order chi connectivity index (χ1) is 8.50. The Morgan fingerprint density at radius 2 is 2.22 bits per heavy atom. The van der Waals surface area contributed by atoms with Gasteiger partial charge in [0.2, 0.25) is 0 Å². The molecule has 0 bridgehead atoms. The van der Waals surface area contributed by atoms with E-state index in [9.17, 15) is 0 Å². The number of aromatic nitrogens is 1. The topological polar surface area (TPSA) is 16.1 Å². The lowest BCUT2D eigenvalue weighted by atomic mass is 9.93. The summed E-state index contributed by atoms with van der Waals surface area (Å²) in [6.07, 6.45) is 4.03. The zero-order valence-corrected chi connectivity index (χ0v) is 14.0. The highest BCUT2D eigenvalue weighted by Crippen LogP contribution is 2.26. The van der Waals surface area contributed by atoms with Gasteiger partial charge in [0.15, 0.2) is 0 Å². The molecule has 1 saturated heterocycles. The molecule has 2 heterocycles. The van der Waals surface area contributed by atoms with Gasteiger partial charge in [0.1, 0.15) is 5.01 Å². The fourth-order valence-electron chi connectivity index (χ4n) is 2.34.